The average Bonchev–Trinajstić information content (AvgIpc) is 3.11. The Morgan fingerprint density at radius 3 is 2.48 bits per heavy atom. The number of nitrogens with one attached hydrogen (secondary N) is 1. The summed E-state index contributed by atoms with van der Waals surface area (Å²) < 4.78 is 15.1. The highest BCUT2D eigenvalue weighted by Crippen LogP contribution is 2.29. The summed E-state index contributed by atoms with van der Waals surface area (Å²) >= 11 is 0. The van der Waals surface area contributed by atoms with Crippen molar-refractivity contribution in [3.8, 4) is 5.75 Å². The Labute approximate surface area is 163 Å². The zero-order chi connectivity index (χ0) is 21.6. The molecule has 154 valence electrons. The van der Waals surface area contributed by atoms with Crippen LogP contribution in [0.15, 0.2) is 18.2 Å². The van der Waals surface area contributed by atoms with Crippen molar-refractivity contribution >= 4 is 29.2 Å². The van der Waals surface area contributed by atoms with E-state index in [1.54, 1.807) is 6.92 Å². The number of carbonyl (C=O) groups excluding carboxylic acids is 3. The van der Waals surface area contributed by atoms with Crippen LogP contribution in [0.1, 0.15) is 27.9 Å². The first kappa shape index (κ1) is 21.3. The second-order valence-electron chi connectivity index (χ2n) is 5.34. The van der Waals surface area contributed by atoms with Gasteiger partial charge in [-0.2, -0.15) is 0 Å². The molecule has 29 heavy (non-hydrogen) atoms. The van der Waals surface area contributed by atoms with E-state index >= 15 is 0 Å². The van der Waals surface area contributed by atoms with Gasteiger partial charge in [-0.15, -0.1) is 5.10 Å². The fourth-order valence-electron chi connectivity index (χ4n) is 2.31. The fraction of sp³-hybridized carbons (Fsp3) is 0.312. The maximum atomic E-state index is 12.4. The SMILES string of the molecule is CCOc1ccc(NC(=O)Cn2nnc(C(=O)OC)c2C(=O)OC)c([N+](=O)[O-])c1. The van der Waals surface area contributed by atoms with Crippen LogP contribution in [0.2, 0.25) is 0 Å². The molecule has 0 aliphatic rings. The van der Waals surface area contributed by atoms with E-state index in [-0.39, 0.29) is 17.1 Å². The van der Waals surface area contributed by atoms with E-state index in [1.165, 1.54) is 18.2 Å². The molecule has 0 aliphatic heterocycles. The second kappa shape index (κ2) is 9.25. The Kier molecular flexibility index (Phi) is 6.79. The third-order valence-electron chi connectivity index (χ3n) is 3.54. The topological polar surface area (TPSA) is 165 Å². The number of nitro benzene ring substituents is 1. The zero-order valence-corrected chi connectivity index (χ0v) is 15.7. The highest BCUT2D eigenvalue weighted by molar-refractivity contribution is 6.01. The van der Waals surface area contributed by atoms with Crippen molar-refractivity contribution in [1.82, 2.24) is 15.0 Å². The number of anilines is 1. The van der Waals surface area contributed by atoms with Crippen LogP contribution in [0, 0.1) is 10.1 Å². The number of aromatic nitrogens is 3. The van der Waals surface area contributed by atoms with Crippen molar-refractivity contribution in [2.24, 2.45) is 0 Å². The van der Waals surface area contributed by atoms with Gasteiger partial charge in [-0.3, -0.25) is 14.9 Å². The summed E-state index contributed by atoms with van der Waals surface area (Å²) in [7, 11) is 2.16. The van der Waals surface area contributed by atoms with E-state index in [2.05, 4.69) is 25.1 Å². The Bertz CT molecular complexity index is 955. The summed E-state index contributed by atoms with van der Waals surface area (Å²) in [5.41, 5.74) is -1.29. The Morgan fingerprint density at radius 1 is 1.21 bits per heavy atom. The quantitative estimate of drug-likeness (QED) is 0.376. The number of hydrogen-bond acceptors (Lipinski definition) is 10. The van der Waals surface area contributed by atoms with Gasteiger partial charge < -0.3 is 19.5 Å². The molecule has 0 fully saturated rings. The summed E-state index contributed by atoms with van der Waals surface area (Å²) in [6.45, 7) is 1.47. The maximum absolute atomic E-state index is 12.4. The average molecular weight is 407 g/mol. The Balaban J connectivity index is 2.28. The van der Waals surface area contributed by atoms with Crippen LogP contribution in [0.3, 0.4) is 0 Å². The van der Waals surface area contributed by atoms with Gasteiger partial charge in [-0.1, -0.05) is 5.21 Å². The number of amides is 1. The molecule has 0 aliphatic carbocycles. The number of esters is 2. The molecule has 0 unspecified atom stereocenters. The molecule has 0 saturated heterocycles. The van der Waals surface area contributed by atoms with Gasteiger partial charge >= 0.3 is 11.9 Å². The summed E-state index contributed by atoms with van der Waals surface area (Å²) in [6.07, 6.45) is 0. The van der Waals surface area contributed by atoms with E-state index in [4.69, 9.17) is 4.74 Å². The monoisotopic (exact) mass is 407 g/mol. The number of nitro groups is 1. The van der Waals surface area contributed by atoms with Gasteiger partial charge in [0.15, 0.2) is 5.69 Å². The molecule has 0 bridgehead atoms. The summed E-state index contributed by atoms with van der Waals surface area (Å²) in [5, 5.41) is 20.7. The van der Waals surface area contributed by atoms with Gasteiger partial charge in [-0.25, -0.2) is 14.3 Å². The smallest absolute Gasteiger partial charge is 0.361 e. The molecule has 1 aromatic heterocycles. The molecule has 1 amide bonds. The number of methoxy groups -OCH3 is 2. The van der Waals surface area contributed by atoms with Gasteiger partial charge in [0, 0.05) is 0 Å². The first-order valence-corrected chi connectivity index (χ1v) is 8.13. The minimum Gasteiger partial charge on any atom is -0.494 e. The van der Waals surface area contributed by atoms with Crippen LogP contribution < -0.4 is 10.1 Å². The van der Waals surface area contributed by atoms with Crippen LogP contribution in [-0.2, 0) is 20.8 Å². The number of ether oxygens (including phenoxy) is 3. The lowest BCUT2D eigenvalue weighted by Gasteiger charge is -2.09. The summed E-state index contributed by atoms with van der Waals surface area (Å²) in [4.78, 5) is 46.6. The number of nitrogens with zero attached hydrogens (tertiary/aromatic N) is 4. The Hall–Kier alpha value is -4.03. The van der Waals surface area contributed by atoms with Crippen molar-refractivity contribution in [1.29, 1.82) is 0 Å². The molecule has 0 radical (unpaired) electrons. The third kappa shape index (κ3) is 4.82. The van der Waals surface area contributed by atoms with Gasteiger partial charge in [0.25, 0.3) is 5.69 Å². The summed E-state index contributed by atoms with van der Waals surface area (Å²) in [6, 6.07) is 3.93. The van der Waals surface area contributed by atoms with Gasteiger partial charge in [0.1, 0.15) is 18.0 Å². The van der Waals surface area contributed by atoms with Crippen molar-refractivity contribution in [2.75, 3.05) is 26.1 Å². The molecule has 13 nitrogen and oxygen atoms in total. The lowest BCUT2D eigenvalue weighted by Crippen LogP contribution is -2.24. The molecule has 0 atom stereocenters. The third-order valence-corrected chi connectivity index (χ3v) is 3.54. The molecular formula is C16H17N5O8. The second-order valence-corrected chi connectivity index (χ2v) is 5.34. The summed E-state index contributed by atoms with van der Waals surface area (Å²) in [5.74, 6) is -2.40. The molecule has 1 heterocycles. The first-order chi connectivity index (χ1) is 13.8. The van der Waals surface area contributed by atoms with Crippen molar-refractivity contribution in [3.05, 3.63) is 39.7 Å². The lowest BCUT2D eigenvalue weighted by atomic mass is 10.2. The normalized spacial score (nSPS) is 10.2. The first-order valence-electron chi connectivity index (χ1n) is 8.13. The van der Waals surface area contributed by atoms with E-state index in [1.807, 2.05) is 0 Å². The standard InChI is InChI=1S/C16H17N5O8/c1-4-29-9-5-6-10(11(7-9)21(25)26)17-12(22)8-20-14(16(24)28-3)13(18-19-20)15(23)27-2/h5-7H,4,8H2,1-3H3,(H,17,22). The molecule has 1 N–H and O–H groups in total. The van der Waals surface area contributed by atoms with E-state index < -0.39 is 40.7 Å². The predicted octanol–water partition coefficient (Wildman–Crippen LogP) is 0.797. The Morgan fingerprint density at radius 2 is 1.90 bits per heavy atom. The molecular weight excluding hydrogens is 390 g/mol. The van der Waals surface area contributed by atoms with Gasteiger partial charge in [0.05, 0.1) is 31.8 Å². The van der Waals surface area contributed by atoms with Crippen molar-refractivity contribution in [3.63, 3.8) is 0 Å². The number of hydrogen-bond donors (Lipinski definition) is 1. The minimum absolute atomic E-state index is 0.0867. The lowest BCUT2D eigenvalue weighted by molar-refractivity contribution is -0.384. The molecule has 0 saturated carbocycles. The van der Waals surface area contributed by atoms with Crippen molar-refractivity contribution in [2.45, 2.75) is 13.5 Å². The van der Waals surface area contributed by atoms with E-state index in [0.29, 0.717) is 6.61 Å². The van der Waals surface area contributed by atoms with Gasteiger partial charge in [-0.05, 0) is 19.1 Å². The minimum atomic E-state index is -0.963. The van der Waals surface area contributed by atoms with Crippen LogP contribution in [0.4, 0.5) is 11.4 Å². The van der Waals surface area contributed by atoms with E-state index in [9.17, 15) is 24.5 Å². The highest BCUT2D eigenvalue weighted by atomic mass is 16.6. The fourth-order valence-corrected chi connectivity index (χ4v) is 2.31. The van der Waals surface area contributed by atoms with Gasteiger partial charge in [0.2, 0.25) is 11.6 Å². The van der Waals surface area contributed by atoms with Crippen LogP contribution >= 0.6 is 0 Å². The number of carbonyl (C=O) groups is 3. The van der Waals surface area contributed by atoms with E-state index in [0.717, 1.165) is 18.9 Å². The molecule has 2 aromatic rings. The molecule has 2 rings (SSSR count). The molecule has 1 aromatic carbocycles. The predicted molar refractivity (Wildman–Crippen MR) is 95.6 cm³/mol. The van der Waals surface area contributed by atoms with Crippen LogP contribution in [-0.4, -0.2) is 58.6 Å². The van der Waals surface area contributed by atoms with Crippen LogP contribution in [0.5, 0.6) is 5.75 Å². The van der Waals surface area contributed by atoms with Crippen molar-refractivity contribution < 1.29 is 33.5 Å². The largest absolute Gasteiger partial charge is 0.494 e. The molecule has 0 spiro atoms. The number of benzene rings is 1. The van der Waals surface area contributed by atoms with Crippen LogP contribution in [0.25, 0.3) is 0 Å². The zero-order valence-electron chi connectivity index (χ0n) is 15.7. The maximum Gasteiger partial charge on any atom is 0.361 e. The highest BCUT2D eigenvalue weighted by Gasteiger charge is 2.28. The number of rotatable bonds is 8. The molecule has 13 heteroatoms.